The molecule has 4 aromatic rings. The minimum atomic E-state index is -0.281. The molecule has 8 nitrogen and oxygen atoms in total. The summed E-state index contributed by atoms with van der Waals surface area (Å²) in [6.07, 6.45) is 4.04. The zero-order valence-electron chi connectivity index (χ0n) is 21.6. The third-order valence-corrected chi connectivity index (χ3v) is 6.36. The normalized spacial score (nSPS) is 11.2. The van der Waals surface area contributed by atoms with E-state index in [-0.39, 0.29) is 18.1 Å². The largest absolute Gasteiger partial charge is 0.483 e. The summed E-state index contributed by atoms with van der Waals surface area (Å²) in [4.78, 5) is 32.6. The van der Waals surface area contributed by atoms with Gasteiger partial charge in [0.1, 0.15) is 11.6 Å². The van der Waals surface area contributed by atoms with Crippen LogP contribution in [0.2, 0.25) is 0 Å². The summed E-state index contributed by atoms with van der Waals surface area (Å²) in [7, 11) is 3.85. The Morgan fingerprint density at radius 2 is 1.92 bits per heavy atom. The van der Waals surface area contributed by atoms with Crippen LogP contribution in [0.5, 0.6) is 5.75 Å². The summed E-state index contributed by atoms with van der Waals surface area (Å²) in [6, 6.07) is 20.3. The Balaban J connectivity index is 1.66. The van der Waals surface area contributed by atoms with Crippen molar-refractivity contribution in [1.29, 1.82) is 0 Å². The maximum absolute atomic E-state index is 13.4. The molecular formula is C29H30BrN5O3. The second kappa shape index (κ2) is 12.5. The molecule has 196 valence electrons. The van der Waals surface area contributed by atoms with Crippen molar-refractivity contribution in [3.63, 3.8) is 0 Å². The van der Waals surface area contributed by atoms with Crippen LogP contribution >= 0.6 is 15.9 Å². The number of ether oxygens (including phenoxy) is 1. The van der Waals surface area contributed by atoms with Gasteiger partial charge in [-0.3, -0.25) is 9.59 Å². The van der Waals surface area contributed by atoms with E-state index in [1.54, 1.807) is 12.3 Å². The summed E-state index contributed by atoms with van der Waals surface area (Å²) >= 11 is 3.44. The van der Waals surface area contributed by atoms with Crippen LogP contribution in [0, 0.1) is 0 Å². The molecule has 0 aliphatic rings. The molecule has 0 aliphatic carbocycles. The number of aryl methyl sites for hydroxylation is 1. The fourth-order valence-corrected chi connectivity index (χ4v) is 4.19. The summed E-state index contributed by atoms with van der Waals surface area (Å²) in [6.45, 7) is 1.91. The summed E-state index contributed by atoms with van der Waals surface area (Å²) in [5.74, 6) is 0.789. The zero-order chi connectivity index (χ0) is 27.1. The van der Waals surface area contributed by atoms with E-state index in [9.17, 15) is 9.59 Å². The highest BCUT2D eigenvalue weighted by Gasteiger charge is 2.13. The Bertz CT molecular complexity index is 1520. The molecule has 0 saturated carbocycles. The standard InChI is InChI=1S/C29H30BrN5O3/c1-4-5-11-27-33-25-15-13-21(30)16-24(25)29(37)35(27)31-18-20-12-14-23(34(2)3)17-26(20)38-19-28(36)32-22-9-7-6-8-10-22/h6-10,12-18H,4-5,11,19H2,1-3H3,(H,32,36). The van der Waals surface area contributed by atoms with E-state index in [4.69, 9.17) is 9.72 Å². The molecule has 1 amide bonds. The van der Waals surface area contributed by atoms with Crippen molar-refractivity contribution in [2.75, 3.05) is 30.9 Å². The predicted octanol–water partition coefficient (Wildman–Crippen LogP) is 5.47. The van der Waals surface area contributed by atoms with Gasteiger partial charge in [-0.05, 0) is 48.9 Å². The fraction of sp³-hybridized carbons (Fsp3) is 0.241. The quantitative estimate of drug-likeness (QED) is 0.253. The van der Waals surface area contributed by atoms with E-state index in [2.05, 4.69) is 33.3 Å². The summed E-state index contributed by atoms with van der Waals surface area (Å²) < 4.78 is 8.08. The smallest absolute Gasteiger partial charge is 0.282 e. The van der Waals surface area contributed by atoms with Crippen molar-refractivity contribution in [2.24, 2.45) is 5.10 Å². The summed E-state index contributed by atoms with van der Waals surface area (Å²) in [5.41, 5.74) is 2.62. The van der Waals surface area contributed by atoms with Crippen LogP contribution in [0.15, 0.2) is 81.1 Å². The van der Waals surface area contributed by atoms with Gasteiger partial charge >= 0.3 is 0 Å². The number of halogens is 1. The van der Waals surface area contributed by atoms with Gasteiger partial charge in [-0.1, -0.05) is 47.5 Å². The number of anilines is 2. The predicted molar refractivity (Wildman–Crippen MR) is 157 cm³/mol. The van der Waals surface area contributed by atoms with E-state index in [1.165, 1.54) is 4.68 Å². The minimum absolute atomic E-state index is 0.181. The molecule has 0 spiro atoms. The molecule has 9 heteroatoms. The molecule has 0 unspecified atom stereocenters. The highest BCUT2D eigenvalue weighted by atomic mass is 79.9. The molecule has 1 N–H and O–H groups in total. The molecule has 3 aromatic carbocycles. The number of nitrogens with zero attached hydrogens (tertiary/aromatic N) is 4. The van der Waals surface area contributed by atoms with Gasteiger partial charge < -0.3 is 15.0 Å². The monoisotopic (exact) mass is 575 g/mol. The number of carbonyl (C=O) groups excluding carboxylic acids is 1. The number of aromatic nitrogens is 2. The maximum Gasteiger partial charge on any atom is 0.282 e. The molecule has 0 atom stereocenters. The van der Waals surface area contributed by atoms with Crippen LogP contribution in [-0.2, 0) is 11.2 Å². The van der Waals surface area contributed by atoms with Crippen LogP contribution in [0.1, 0.15) is 31.2 Å². The average Bonchev–Trinajstić information content (AvgIpc) is 2.91. The first-order chi connectivity index (χ1) is 18.4. The van der Waals surface area contributed by atoms with Gasteiger partial charge in [-0.15, -0.1) is 0 Å². The zero-order valence-corrected chi connectivity index (χ0v) is 23.2. The molecule has 38 heavy (non-hydrogen) atoms. The summed E-state index contributed by atoms with van der Waals surface area (Å²) in [5, 5.41) is 7.84. The third kappa shape index (κ3) is 6.66. The Labute approximate surface area is 230 Å². The minimum Gasteiger partial charge on any atom is -0.483 e. The molecule has 0 radical (unpaired) electrons. The van der Waals surface area contributed by atoms with Crippen molar-refractivity contribution < 1.29 is 9.53 Å². The topological polar surface area (TPSA) is 88.8 Å². The van der Waals surface area contributed by atoms with E-state index < -0.39 is 0 Å². The molecule has 1 heterocycles. The fourth-order valence-electron chi connectivity index (χ4n) is 3.83. The van der Waals surface area contributed by atoms with Gasteiger partial charge in [0.25, 0.3) is 11.5 Å². The lowest BCUT2D eigenvalue weighted by atomic mass is 10.2. The van der Waals surface area contributed by atoms with E-state index >= 15 is 0 Å². The van der Waals surface area contributed by atoms with Crippen LogP contribution in [0.25, 0.3) is 10.9 Å². The van der Waals surface area contributed by atoms with Gasteiger partial charge in [0, 0.05) is 48.0 Å². The van der Waals surface area contributed by atoms with Crippen LogP contribution in [0.3, 0.4) is 0 Å². The lowest BCUT2D eigenvalue weighted by molar-refractivity contribution is -0.118. The van der Waals surface area contributed by atoms with Crippen molar-refractivity contribution in [3.8, 4) is 5.75 Å². The molecule has 0 bridgehead atoms. The number of benzene rings is 3. The third-order valence-electron chi connectivity index (χ3n) is 5.87. The highest BCUT2D eigenvalue weighted by Crippen LogP contribution is 2.24. The second-order valence-corrected chi connectivity index (χ2v) is 9.89. The molecule has 4 rings (SSSR count). The Morgan fingerprint density at radius 1 is 1.13 bits per heavy atom. The van der Waals surface area contributed by atoms with E-state index in [0.717, 1.165) is 23.0 Å². The Hall–Kier alpha value is -3.98. The van der Waals surface area contributed by atoms with Gasteiger partial charge in [0.2, 0.25) is 0 Å². The Morgan fingerprint density at radius 3 is 2.66 bits per heavy atom. The van der Waals surface area contributed by atoms with Gasteiger partial charge in [-0.25, -0.2) is 4.98 Å². The molecule has 1 aromatic heterocycles. The van der Waals surface area contributed by atoms with Crippen LogP contribution < -0.4 is 20.5 Å². The van der Waals surface area contributed by atoms with Crippen LogP contribution in [0.4, 0.5) is 11.4 Å². The highest BCUT2D eigenvalue weighted by molar-refractivity contribution is 9.10. The van der Waals surface area contributed by atoms with Crippen molar-refractivity contribution in [1.82, 2.24) is 9.66 Å². The lowest BCUT2D eigenvalue weighted by Gasteiger charge is -2.16. The average molecular weight is 576 g/mol. The Kier molecular flexibility index (Phi) is 8.91. The van der Waals surface area contributed by atoms with Crippen molar-refractivity contribution in [2.45, 2.75) is 26.2 Å². The first-order valence-electron chi connectivity index (χ1n) is 12.4. The van der Waals surface area contributed by atoms with Crippen molar-refractivity contribution in [3.05, 3.63) is 92.9 Å². The molecule has 0 saturated heterocycles. The number of amides is 1. The van der Waals surface area contributed by atoms with Crippen molar-refractivity contribution >= 4 is 50.3 Å². The number of carbonyl (C=O) groups is 1. The first-order valence-corrected chi connectivity index (χ1v) is 13.2. The van der Waals surface area contributed by atoms with E-state index in [0.29, 0.717) is 40.1 Å². The number of hydrogen-bond acceptors (Lipinski definition) is 6. The molecular weight excluding hydrogens is 546 g/mol. The molecule has 0 fully saturated rings. The number of para-hydroxylation sites is 1. The number of unbranched alkanes of at least 4 members (excludes halogenated alkanes) is 1. The molecule has 0 aliphatic heterocycles. The number of hydrogen-bond donors (Lipinski definition) is 1. The maximum atomic E-state index is 13.4. The van der Waals surface area contributed by atoms with E-state index in [1.807, 2.05) is 79.7 Å². The van der Waals surface area contributed by atoms with Crippen LogP contribution in [-0.4, -0.2) is 42.5 Å². The van der Waals surface area contributed by atoms with Gasteiger partial charge in [-0.2, -0.15) is 9.78 Å². The SMILES string of the molecule is CCCCc1nc2ccc(Br)cc2c(=O)n1N=Cc1ccc(N(C)C)cc1OCC(=O)Nc1ccccc1. The lowest BCUT2D eigenvalue weighted by Crippen LogP contribution is -2.23. The number of rotatable bonds is 10. The number of fused-ring (bicyclic) bond motifs is 1. The van der Waals surface area contributed by atoms with Gasteiger partial charge in [0.15, 0.2) is 6.61 Å². The number of nitrogens with one attached hydrogen (secondary N) is 1. The first kappa shape index (κ1) is 27.1. The van der Waals surface area contributed by atoms with Gasteiger partial charge in [0.05, 0.1) is 17.1 Å². The second-order valence-electron chi connectivity index (χ2n) is 8.97.